The van der Waals surface area contributed by atoms with E-state index in [0.29, 0.717) is 5.69 Å². The van der Waals surface area contributed by atoms with Crippen LogP contribution >= 0.6 is 15.9 Å². The van der Waals surface area contributed by atoms with Gasteiger partial charge in [0.2, 0.25) is 5.91 Å². The Hall–Kier alpha value is -1.82. The van der Waals surface area contributed by atoms with E-state index in [1.165, 1.54) is 6.07 Å². The highest BCUT2D eigenvalue weighted by atomic mass is 79.9. The van der Waals surface area contributed by atoms with Gasteiger partial charge in [-0.25, -0.2) is 0 Å². The van der Waals surface area contributed by atoms with Crippen molar-refractivity contribution in [3.8, 4) is 5.75 Å². The molecule has 0 bridgehead atoms. The van der Waals surface area contributed by atoms with Crippen molar-refractivity contribution in [2.24, 2.45) is 0 Å². The lowest BCUT2D eigenvalue weighted by molar-refractivity contribution is -0.117. The number of carbonyl (C=O) groups is 1. The average molecular weight is 324 g/mol. The summed E-state index contributed by atoms with van der Waals surface area (Å²) in [5.41, 5.74) is 2.13. The standard InChI is InChI=1S/C13H14BrN3O2/c1-8-13(14)9(2)17(16-8)7-12(19)15-10-5-3-4-6-11(10)18/h3-6,18H,7H2,1-2H3,(H,15,19). The quantitative estimate of drug-likeness (QED) is 0.853. The lowest BCUT2D eigenvalue weighted by Gasteiger charge is -2.08. The van der Waals surface area contributed by atoms with E-state index in [-0.39, 0.29) is 18.2 Å². The van der Waals surface area contributed by atoms with Gasteiger partial charge in [-0.1, -0.05) is 12.1 Å². The van der Waals surface area contributed by atoms with Gasteiger partial charge >= 0.3 is 0 Å². The van der Waals surface area contributed by atoms with Gasteiger partial charge in [-0.2, -0.15) is 5.10 Å². The Balaban J connectivity index is 2.10. The number of aromatic nitrogens is 2. The first-order valence-electron chi connectivity index (χ1n) is 5.76. The maximum Gasteiger partial charge on any atom is 0.246 e. The van der Waals surface area contributed by atoms with Crippen molar-refractivity contribution in [2.75, 3.05) is 5.32 Å². The van der Waals surface area contributed by atoms with Gasteiger partial charge in [0.05, 0.1) is 21.5 Å². The second-order valence-corrected chi connectivity index (χ2v) is 5.00. The third kappa shape index (κ3) is 2.96. The molecular formula is C13H14BrN3O2. The van der Waals surface area contributed by atoms with E-state index in [9.17, 15) is 9.90 Å². The van der Waals surface area contributed by atoms with Crippen molar-refractivity contribution in [2.45, 2.75) is 20.4 Å². The van der Waals surface area contributed by atoms with Crippen LogP contribution in [0.4, 0.5) is 5.69 Å². The fourth-order valence-electron chi connectivity index (χ4n) is 1.73. The van der Waals surface area contributed by atoms with Crippen LogP contribution in [0.3, 0.4) is 0 Å². The molecule has 2 N–H and O–H groups in total. The molecule has 0 atom stereocenters. The fraction of sp³-hybridized carbons (Fsp3) is 0.231. The van der Waals surface area contributed by atoms with Crippen molar-refractivity contribution in [3.05, 3.63) is 40.1 Å². The van der Waals surface area contributed by atoms with Crippen LogP contribution in [0, 0.1) is 13.8 Å². The smallest absolute Gasteiger partial charge is 0.246 e. The first kappa shape index (κ1) is 13.6. The topological polar surface area (TPSA) is 67.2 Å². The molecule has 6 heteroatoms. The van der Waals surface area contributed by atoms with Crippen LogP contribution in [-0.4, -0.2) is 20.8 Å². The van der Waals surface area contributed by atoms with Crippen LogP contribution in [0.15, 0.2) is 28.7 Å². The predicted octanol–water partition coefficient (Wildman–Crippen LogP) is 2.61. The van der Waals surface area contributed by atoms with Crippen molar-refractivity contribution >= 4 is 27.5 Å². The predicted molar refractivity (Wildman–Crippen MR) is 76.1 cm³/mol. The lowest BCUT2D eigenvalue weighted by Crippen LogP contribution is -2.20. The summed E-state index contributed by atoms with van der Waals surface area (Å²) >= 11 is 3.41. The number of carbonyl (C=O) groups excluding carboxylic acids is 1. The fourth-order valence-corrected chi connectivity index (χ4v) is 2.02. The number of hydrogen-bond donors (Lipinski definition) is 2. The molecule has 0 fully saturated rings. The molecule has 0 saturated heterocycles. The summed E-state index contributed by atoms with van der Waals surface area (Å²) in [7, 11) is 0. The van der Waals surface area contributed by atoms with Gasteiger partial charge in [0.15, 0.2) is 0 Å². The summed E-state index contributed by atoms with van der Waals surface area (Å²) in [6.07, 6.45) is 0. The number of aryl methyl sites for hydroxylation is 1. The highest BCUT2D eigenvalue weighted by Gasteiger charge is 2.12. The molecule has 1 aromatic carbocycles. The van der Waals surface area contributed by atoms with Gasteiger partial charge < -0.3 is 10.4 Å². The molecule has 1 aromatic heterocycles. The van der Waals surface area contributed by atoms with E-state index < -0.39 is 0 Å². The molecule has 0 aliphatic heterocycles. The van der Waals surface area contributed by atoms with E-state index in [1.807, 2.05) is 13.8 Å². The van der Waals surface area contributed by atoms with E-state index in [0.717, 1.165) is 15.9 Å². The Morgan fingerprint density at radius 1 is 1.42 bits per heavy atom. The molecule has 2 aromatic rings. The maximum atomic E-state index is 11.9. The molecule has 19 heavy (non-hydrogen) atoms. The largest absolute Gasteiger partial charge is 0.506 e. The summed E-state index contributed by atoms with van der Waals surface area (Å²) < 4.78 is 2.53. The minimum absolute atomic E-state index is 0.0467. The van der Waals surface area contributed by atoms with Gasteiger partial charge in [0.25, 0.3) is 0 Å². The van der Waals surface area contributed by atoms with Crippen LogP contribution in [0.5, 0.6) is 5.75 Å². The summed E-state index contributed by atoms with van der Waals surface area (Å²) in [6, 6.07) is 6.61. The van der Waals surface area contributed by atoms with Crippen molar-refractivity contribution in [1.82, 2.24) is 9.78 Å². The Bertz CT molecular complexity index is 622. The summed E-state index contributed by atoms with van der Waals surface area (Å²) in [6.45, 7) is 3.86. The Kier molecular flexibility index (Phi) is 3.90. The number of anilines is 1. The highest BCUT2D eigenvalue weighted by molar-refractivity contribution is 9.10. The molecule has 2 rings (SSSR count). The van der Waals surface area contributed by atoms with Gasteiger partial charge in [-0.15, -0.1) is 0 Å². The molecule has 100 valence electrons. The molecule has 0 radical (unpaired) electrons. The average Bonchev–Trinajstić information content (AvgIpc) is 2.60. The summed E-state index contributed by atoms with van der Waals surface area (Å²) in [4.78, 5) is 11.9. The van der Waals surface area contributed by atoms with Crippen LogP contribution in [-0.2, 0) is 11.3 Å². The number of rotatable bonds is 3. The van der Waals surface area contributed by atoms with Crippen molar-refractivity contribution in [3.63, 3.8) is 0 Å². The van der Waals surface area contributed by atoms with Crippen LogP contribution in [0.2, 0.25) is 0 Å². The first-order chi connectivity index (χ1) is 8.99. The van der Waals surface area contributed by atoms with Crippen molar-refractivity contribution < 1.29 is 9.90 Å². The van der Waals surface area contributed by atoms with Gasteiger partial charge in [0.1, 0.15) is 12.3 Å². The molecule has 5 nitrogen and oxygen atoms in total. The second kappa shape index (κ2) is 5.44. The van der Waals surface area contributed by atoms with E-state index >= 15 is 0 Å². The molecular weight excluding hydrogens is 310 g/mol. The number of benzene rings is 1. The Morgan fingerprint density at radius 3 is 2.68 bits per heavy atom. The molecule has 0 saturated carbocycles. The second-order valence-electron chi connectivity index (χ2n) is 4.21. The molecule has 1 amide bonds. The number of para-hydroxylation sites is 2. The van der Waals surface area contributed by atoms with Crippen LogP contribution in [0.1, 0.15) is 11.4 Å². The van der Waals surface area contributed by atoms with E-state index in [4.69, 9.17) is 0 Å². The SMILES string of the molecule is Cc1nn(CC(=O)Nc2ccccc2O)c(C)c1Br. The Morgan fingerprint density at radius 2 is 2.11 bits per heavy atom. The number of hydrogen-bond acceptors (Lipinski definition) is 3. The van der Waals surface area contributed by atoms with Crippen LogP contribution < -0.4 is 5.32 Å². The minimum atomic E-state index is -0.236. The molecule has 0 aliphatic rings. The molecule has 0 unspecified atom stereocenters. The van der Waals surface area contributed by atoms with E-state index in [1.54, 1.807) is 22.9 Å². The number of nitrogens with zero attached hydrogens (tertiary/aromatic N) is 2. The number of nitrogens with one attached hydrogen (secondary N) is 1. The number of aromatic hydroxyl groups is 1. The zero-order chi connectivity index (χ0) is 14.0. The molecule has 0 spiro atoms. The first-order valence-corrected chi connectivity index (χ1v) is 6.55. The summed E-state index contributed by atoms with van der Waals surface area (Å²) in [5, 5.41) is 16.5. The van der Waals surface area contributed by atoms with Gasteiger partial charge in [-0.05, 0) is 41.9 Å². The normalized spacial score (nSPS) is 10.5. The number of phenols is 1. The zero-order valence-corrected chi connectivity index (χ0v) is 12.2. The highest BCUT2D eigenvalue weighted by Crippen LogP contribution is 2.22. The lowest BCUT2D eigenvalue weighted by atomic mass is 10.3. The van der Waals surface area contributed by atoms with Crippen LogP contribution in [0.25, 0.3) is 0 Å². The third-order valence-corrected chi connectivity index (χ3v) is 3.91. The summed E-state index contributed by atoms with van der Waals surface area (Å²) in [5.74, 6) is -0.190. The van der Waals surface area contributed by atoms with E-state index in [2.05, 4.69) is 26.3 Å². The monoisotopic (exact) mass is 323 g/mol. The number of amides is 1. The third-order valence-electron chi connectivity index (χ3n) is 2.76. The van der Waals surface area contributed by atoms with Gasteiger partial charge in [-0.3, -0.25) is 9.48 Å². The van der Waals surface area contributed by atoms with Crippen molar-refractivity contribution in [1.29, 1.82) is 0 Å². The zero-order valence-electron chi connectivity index (χ0n) is 10.6. The van der Waals surface area contributed by atoms with Gasteiger partial charge in [0, 0.05) is 0 Å². The molecule has 0 aliphatic carbocycles. The maximum absolute atomic E-state index is 11.9. The minimum Gasteiger partial charge on any atom is -0.506 e. The number of halogens is 1. The number of phenolic OH excluding ortho intramolecular Hbond substituents is 1. The Labute approximate surface area is 119 Å². The molecule has 1 heterocycles.